The number of rotatable bonds is 2. The van der Waals surface area contributed by atoms with Crippen LogP contribution in [-0.4, -0.2) is 5.91 Å². The second-order valence-corrected chi connectivity index (χ2v) is 4.21. The van der Waals surface area contributed by atoms with E-state index in [1.54, 1.807) is 0 Å². The van der Waals surface area contributed by atoms with Gasteiger partial charge >= 0.3 is 6.18 Å². The molecule has 0 unspecified atom stereocenters. The molecule has 0 radical (unpaired) electrons. The zero-order chi connectivity index (χ0) is 14.9. The van der Waals surface area contributed by atoms with Crippen LogP contribution in [0.3, 0.4) is 0 Å². The van der Waals surface area contributed by atoms with Crippen LogP contribution in [0.1, 0.15) is 15.9 Å². The van der Waals surface area contributed by atoms with Crippen molar-refractivity contribution in [1.29, 1.82) is 0 Å². The first kappa shape index (κ1) is 13.9. The molecule has 6 heteroatoms. The number of anilines is 1. The highest BCUT2D eigenvalue weighted by Crippen LogP contribution is 2.38. The van der Waals surface area contributed by atoms with Crippen molar-refractivity contribution < 1.29 is 18.0 Å². The number of nitrogen functional groups attached to an aromatic ring is 1. The van der Waals surface area contributed by atoms with Gasteiger partial charge in [-0.05, 0) is 29.3 Å². The second kappa shape index (κ2) is 4.88. The van der Waals surface area contributed by atoms with E-state index >= 15 is 0 Å². The lowest BCUT2D eigenvalue weighted by atomic mass is 9.94. The van der Waals surface area contributed by atoms with Crippen molar-refractivity contribution >= 4 is 11.6 Å². The minimum absolute atomic E-state index is 0.0401. The van der Waals surface area contributed by atoms with Crippen LogP contribution < -0.4 is 11.5 Å². The SMILES string of the molecule is NC(=O)c1cc(N)ccc1-c1ccccc1C(F)(F)F. The normalized spacial score (nSPS) is 11.3. The van der Waals surface area contributed by atoms with Crippen LogP contribution in [0, 0.1) is 0 Å². The molecular weight excluding hydrogens is 269 g/mol. The van der Waals surface area contributed by atoms with Gasteiger partial charge in [-0.3, -0.25) is 4.79 Å². The fourth-order valence-electron chi connectivity index (χ4n) is 1.97. The summed E-state index contributed by atoms with van der Waals surface area (Å²) in [6.45, 7) is 0. The number of alkyl halides is 3. The van der Waals surface area contributed by atoms with Crippen LogP contribution >= 0.6 is 0 Å². The Kier molecular flexibility index (Phi) is 3.40. The highest BCUT2D eigenvalue weighted by molar-refractivity contribution is 6.01. The van der Waals surface area contributed by atoms with Gasteiger partial charge in [0.05, 0.1) is 5.56 Å². The first-order valence-electron chi connectivity index (χ1n) is 5.66. The monoisotopic (exact) mass is 280 g/mol. The van der Waals surface area contributed by atoms with Crippen LogP contribution in [0.25, 0.3) is 11.1 Å². The first-order valence-corrected chi connectivity index (χ1v) is 5.66. The molecule has 0 bridgehead atoms. The topological polar surface area (TPSA) is 69.1 Å². The molecule has 0 atom stereocenters. The Hall–Kier alpha value is -2.50. The summed E-state index contributed by atoms with van der Waals surface area (Å²) in [5, 5.41) is 0. The molecule has 0 fully saturated rings. The second-order valence-electron chi connectivity index (χ2n) is 4.21. The van der Waals surface area contributed by atoms with Gasteiger partial charge in [-0.25, -0.2) is 0 Å². The van der Waals surface area contributed by atoms with Crippen LogP contribution in [-0.2, 0) is 6.18 Å². The number of halogens is 3. The number of primary amides is 1. The van der Waals surface area contributed by atoms with Crippen molar-refractivity contribution in [1.82, 2.24) is 0 Å². The summed E-state index contributed by atoms with van der Waals surface area (Å²) < 4.78 is 39.0. The van der Waals surface area contributed by atoms with E-state index in [1.807, 2.05) is 0 Å². The Labute approximate surface area is 113 Å². The van der Waals surface area contributed by atoms with Crippen LogP contribution in [0.4, 0.5) is 18.9 Å². The molecule has 0 aromatic heterocycles. The number of benzene rings is 2. The van der Waals surface area contributed by atoms with Crippen molar-refractivity contribution in [3.63, 3.8) is 0 Å². The average Bonchev–Trinajstić information content (AvgIpc) is 2.37. The molecule has 0 heterocycles. The number of carbonyl (C=O) groups is 1. The van der Waals surface area contributed by atoms with Gasteiger partial charge in [0.2, 0.25) is 5.91 Å². The Balaban J connectivity index is 2.73. The molecule has 104 valence electrons. The molecule has 3 nitrogen and oxygen atoms in total. The molecule has 2 aromatic carbocycles. The minimum atomic E-state index is -4.52. The zero-order valence-corrected chi connectivity index (χ0v) is 10.2. The Morgan fingerprint density at radius 2 is 1.65 bits per heavy atom. The van der Waals surface area contributed by atoms with Gasteiger partial charge < -0.3 is 11.5 Å². The Bertz CT molecular complexity index is 666. The maximum atomic E-state index is 13.0. The summed E-state index contributed by atoms with van der Waals surface area (Å²) in [4.78, 5) is 11.4. The smallest absolute Gasteiger partial charge is 0.399 e. The standard InChI is InChI=1S/C14H11F3N2O/c15-14(16,17)12-4-2-1-3-10(12)9-6-5-8(18)7-11(9)13(19)20/h1-7H,18H2,(H2,19,20). The van der Waals surface area contributed by atoms with E-state index in [4.69, 9.17) is 11.5 Å². The molecule has 2 rings (SSSR count). The Morgan fingerprint density at radius 1 is 1.00 bits per heavy atom. The third-order valence-electron chi connectivity index (χ3n) is 2.83. The number of hydrogen-bond donors (Lipinski definition) is 2. The highest BCUT2D eigenvalue weighted by atomic mass is 19.4. The lowest BCUT2D eigenvalue weighted by Crippen LogP contribution is -2.14. The van der Waals surface area contributed by atoms with Gasteiger partial charge in [-0.2, -0.15) is 13.2 Å². The number of amides is 1. The lowest BCUT2D eigenvalue weighted by molar-refractivity contribution is -0.137. The maximum absolute atomic E-state index is 13.0. The highest BCUT2D eigenvalue weighted by Gasteiger charge is 2.33. The molecule has 4 N–H and O–H groups in total. The van der Waals surface area contributed by atoms with Crippen molar-refractivity contribution in [2.45, 2.75) is 6.18 Å². The van der Waals surface area contributed by atoms with E-state index in [-0.39, 0.29) is 22.4 Å². The molecule has 1 amide bonds. The molecule has 0 aliphatic carbocycles. The Morgan fingerprint density at radius 3 is 2.25 bits per heavy atom. The van der Waals surface area contributed by atoms with Crippen molar-refractivity contribution in [2.24, 2.45) is 5.73 Å². The minimum Gasteiger partial charge on any atom is -0.399 e. The molecule has 0 aliphatic rings. The van der Waals surface area contributed by atoms with E-state index in [0.717, 1.165) is 6.07 Å². The number of carbonyl (C=O) groups excluding carboxylic acids is 1. The van der Waals surface area contributed by atoms with E-state index in [9.17, 15) is 18.0 Å². The summed E-state index contributed by atoms with van der Waals surface area (Å²) in [6, 6.07) is 9.05. The predicted molar refractivity (Wildman–Crippen MR) is 69.8 cm³/mol. The summed E-state index contributed by atoms with van der Waals surface area (Å²) in [6.07, 6.45) is -4.52. The molecule has 0 spiro atoms. The lowest BCUT2D eigenvalue weighted by Gasteiger charge is -2.15. The summed E-state index contributed by atoms with van der Waals surface area (Å²) >= 11 is 0. The van der Waals surface area contributed by atoms with E-state index < -0.39 is 17.6 Å². The van der Waals surface area contributed by atoms with Gasteiger partial charge in [0.25, 0.3) is 0 Å². The van der Waals surface area contributed by atoms with E-state index in [1.165, 1.54) is 36.4 Å². The van der Waals surface area contributed by atoms with Crippen LogP contribution in [0.5, 0.6) is 0 Å². The van der Waals surface area contributed by atoms with Crippen molar-refractivity contribution in [3.8, 4) is 11.1 Å². The van der Waals surface area contributed by atoms with Gasteiger partial charge in [0.15, 0.2) is 0 Å². The van der Waals surface area contributed by atoms with Crippen molar-refractivity contribution in [2.75, 3.05) is 5.73 Å². The molecular formula is C14H11F3N2O. The maximum Gasteiger partial charge on any atom is 0.417 e. The van der Waals surface area contributed by atoms with Gasteiger partial charge in [-0.15, -0.1) is 0 Å². The summed E-state index contributed by atoms with van der Waals surface area (Å²) in [5.41, 5.74) is 10.1. The van der Waals surface area contributed by atoms with Crippen molar-refractivity contribution in [3.05, 3.63) is 53.6 Å². The molecule has 2 aromatic rings. The van der Waals surface area contributed by atoms with E-state index in [0.29, 0.717) is 0 Å². The fourth-order valence-corrected chi connectivity index (χ4v) is 1.97. The molecule has 20 heavy (non-hydrogen) atoms. The van der Waals surface area contributed by atoms with Gasteiger partial charge in [0.1, 0.15) is 0 Å². The molecule has 0 saturated carbocycles. The average molecular weight is 280 g/mol. The van der Waals surface area contributed by atoms with Gasteiger partial charge in [-0.1, -0.05) is 24.3 Å². The number of hydrogen-bond acceptors (Lipinski definition) is 2. The summed E-state index contributed by atoms with van der Waals surface area (Å²) in [5.74, 6) is -0.829. The largest absolute Gasteiger partial charge is 0.417 e. The third-order valence-corrected chi connectivity index (χ3v) is 2.83. The summed E-state index contributed by atoms with van der Waals surface area (Å²) in [7, 11) is 0. The number of nitrogens with two attached hydrogens (primary N) is 2. The fraction of sp³-hybridized carbons (Fsp3) is 0.0714. The van der Waals surface area contributed by atoms with Crippen LogP contribution in [0.15, 0.2) is 42.5 Å². The van der Waals surface area contributed by atoms with Crippen LogP contribution in [0.2, 0.25) is 0 Å². The quantitative estimate of drug-likeness (QED) is 0.830. The molecule has 0 saturated heterocycles. The first-order chi connectivity index (χ1) is 9.30. The predicted octanol–water partition coefficient (Wildman–Crippen LogP) is 3.05. The third kappa shape index (κ3) is 2.59. The van der Waals surface area contributed by atoms with E-state index in [2.05, 4.69) is 0 Å². The van der Waals surface area contributed by atoms with Gasteiger partial charge in [0, 0.05) is 11.3 Å². The zero-order valence-electron chi connectivity index (χ0n) is 10.2. The molecule has 0 aliphatic heterocycles.